The molecule has 0 amide bonds. The largest absolute Gasteiger partial charge is 0.338 e. The van der Waals surface area contributed by atoms with Gasteiger partial charge < -0.3 is 10.3 Å². The van der Waals surface area contributed by atoms with E-state index >= 15 is 0 Å². The van der Waals surface area contributed by atoms with Crippen LogP contribution in [0.5, 0.6) is 0 Å². The number of rotatable bonds is 3. The maximum Gasteiger partial charge on any atom is 0.240 e. The fourth-order valence-corrected chi connectivity index (χ4v) is 1.46. The second-order valence-electron chi connectivity index (χ2n) is 3.08. The summed E-state index contributed by atoms with van der Waals surface area (Å²) in [7, 11) is 0. The summed E-state index contributed by atoms with van der Waals surface area (Å²) in [5.41, 5.74) is 6.34. The first-order valence-corrected chi connectivity index (χ1v) is 4.92. The predicted octanol–water partition coefficient (Wildman–Crippen LogP) is 1.77. The molecule has 2 aromatic rings. The van der Waals surface area contributed by atoms with Crippen LogP contribution in [-0.4, -0.2) is 10.1 Å². The van der Waals surface area contributed by atoms with Crippen molar-refractivity contribution in [2.24, 2.45) is 5.73 Å². The van der Waals surface area contributed by atoms with E-state index in [1.807, 2.05) is 24.3 Å². The Morgan fingerprint density at radius 1 is 1.33 bits per heavy atom. The van der Waals surface area contributed by atoms with Crippen LogP contribution in [0.3, 0.4) is 0 Å². The molecule has 15 heavy (non-hydrogen) atoms. The normalized spacial score (nSPS) is 10.5. The molecule has 2 N–H and O–H groups in total. The molecule has 0 aliphatic rings. The molecule has 1 aromatic heterocycles. The highest BCUT2D eigenvalue weighted by Crippen LogP contribution is 2.17. The van der Waals surface area contributed by atoms with Crippen LogP contribution in [0.1, 0.15) is 17.3 Å². The number of aromatic nitrogens is 2. The maximum absolute atomic E-state index is 6.00. The first-order valence-electron chi connectivity index (χ1n) is 4.54. The number of benzene rings is 1. The highest BCUT2D eigenvalue weighted by Gasteiger charge is 2.07. The Balaban J connectivity index is 2.18. The molecule has 0 saturated carbocycles. The van der Waals surface area contributed by atoms with E-state index in [4.69, 9.17) is 21.9 Å². The van der Waals surface area contributed by atoms with Gasteiger partial charge in [-0.3, -0.25) is 0 Å². The van der Waals surface area contributed by atoms with E-state index in [0.717, 1.165) is 5.56 Å². The van der Waals surface area contributed by atoms with Crippen LogP contribution in [0, 0.1) is 0 Å². The van der Waals surface area contributed by atoms with Gasteiger partial charge in [-0.1, -0.05) is 35.0 Å². The highest BCUT2D eigenvalue weighted by molar-refractivity contribution is 6.31. The lowest BCUT2D eigenvalue weighted by atomic mass is 10.1. The fourth-order valence-electron chi connectivity index (χ4n) is 1.26. The minimum Gasteiger partial charge on any atom is -0.338 e. The Morgan fingerprint density at radius 2 is 2.13 bits per heavy atom. The molecule has 0 atom stereocenters. The third kappa shape index (κ3) is 2.34. The van der Waals surface area contributed by atoms with Gasteiger partial charge in [-0.25, -0.2) is 0 Å². The Kier molecular flexibility index (Phi) is 2.99. The monoisotopic (exact) mass is 223 g/mol. The molecule has 0 bridgehead atoms. The van der Waals surface area contributed by atoms with Crippen molar-refractivity contribution in [1.82, 2.24) is 10.1 Å². The fraction of sp³-hybridized carbons (Fsp3) is 0.200. The molecule has 2 rings (SSSR count). The molecular formula is C10H10ClN3O. The lowest BCUT2D eigenvalue weighted by molar-refractivity contribution is 0.375. The molecule has 0 unspecified atom stereocenters. The van der Waals surface area contributed by atoms with Crippen LogP contribution in [-0.2, 0) is 13.0 Å². The number of hydrogen-bond acceptors (Lipinski definition) is 4. The summed E-state index contributed by atoms with van der Waals surface area (Å²) in [4.78, 5) is 4.10. The average molecular weight is 224 g/mol. The molecule has 1 aromatic carbocycles. The first-order chi connectivity index (χ1) is 7.29. The van der Waals surface area contributed by atoms with E-state index in [1.165, 1.54) is 0 Å². The number of nitrogens with zero attached hydrogens (tertiary/aromatic N) is 2. The van der Waals surface area contributed by atoms with Crippen molar-refractivity contribution in [3.63, 3.8) is 0 Å². The van der Waals surface area contributed by atoms with Crippen molar-refractivity contribution >= 4 is 11.6 Å². The predicted molar refractivity (Wildman–Crippen MR) is 56.4 cm³/mol. The molecule has 0 aliphatic heterocycles. The van der Waals surface area contributed by atoms with Crippen LogP contribution in [0.4, 0.5) is 0 Å². The standard InChI is InChI=1S/C10H10ClN3O/c11-8-4-2-1-3-7(8)5-9-13-10(6-12)15-14-9/h1-4H,5-6,12H2. The van der Waals surface area contributed by atoms with E-state index in [0.29, 0.717) is 23.2 Å². The van der Waals surface area contributed by atoms with Crippen LogP contribution < -0.4 is 5.73 Å². The molecule has 0 radical (unpaired) electrons. The minimum absolute atomic E-state index is 0.259. The van der Waals surface area contributed by atoms with Crippen LogP contribution >= 0.6 is 11.6 Å². The van der Waals surface area contributed by atoms with Crippen molar-refractivity contribution in [3.05, 3.63) is 46.6 Å². The Labute approximate surface area is 92.0 Å². The van der Waals surface area contributed by atoms with E-state index in [2.05, 4.69) is 10.1 Å². The molecule has 0 fully saturated rings. The molecule has 0 spiro atoms. The second-order valence-corrected chi connectivity index (χ2v) is 3.48. The van der Waals surface area contributed by atoms with E-state index < -0.39 is 0 Å². The van der Waals surface area contributed by atoms with Gasteiger partial charge in [-0.2, -0.15) is 4.98 Å². The van der Waals surface area contributed by atoms with Crippen molar-refractivity contribution in [2.75, 3.05) is 0 Å². The van der Waals surface area contributed by atoms with Gasteiger partial charge in [0.2, 0.25) is 5.89 Å². The SMILES string of the molecule is NCc1nc(Cc2ccccc2Cl)no1. The van der Waals surface area contributed by atoms with Crippen LogP contribution in [0.25, 0.3) is 0 Å². The zero-order valence-electron chi connectivity index (χ0n) is 7.98. The minimum atomic E-state index is 0.259. The second kappa shape index (κ2) is 4.42. The summed E-state index contributed by atoms with van der Waals surface area (Å²) in [5.74, 6) is 1.04. The van der Waals surface area contributed by atoms with Gasteiger partial charge in [-0.15, -0.1) is 0 Å². The smallest absolute Gasteiger partial charge is 0.240 e. The molecule has 0 saturated heterocycles. The average Bonchev–Trinajstić information content (AvgIpc) is 2.69. The summed E-state index contributed by atoms with van der Waals surface area (Å²) in [6.45, 7) is 0.259. The van der Waals surface area contributed by atoms with Gasteiger partial charge in [0.25, 0.3) is 0 Å². The van der Waals surface area contributed by atoms with Crippen LogP contribution in [0.15, 0.2) is 28.8 Å². The van der Waals surface area contributed by atoms with Crippen LogP contribution in [0.2, 0.25) is 5.02 Å². The van der Waals surface area contributed by atoms with E-state index in [9.17, 15) is 0 Å². The number of hydrogen-bond donors (Lipinski definition) is 1. The third-order valence-corrected chi connectivity index (χ3v) is 2.36. The first kappa shape index (κ1) is 10.1. The highest BCUT2D eigenvalue weighted by atomic mass is 35.5. The lowest BCUT2D eigenvalue weighted by Gasteiger charge is -1.98. The zero-order chi connectivity index (χ0) is 10.7. The topological polar surface area (TPSA) is 64.9 Å². The molecule has 0 aliphatic carbocycles. The van der Waals surface area contributed by atoms with Crippen molar-refractivity contribution in [3.8, 4) is 0 Å². The number of halogens is 1. The Hall–Kier alpha value is -1.39. The van der Waals surface area contributed by atoms with Gasteiger partial charge >= 0.3 is 0 Å². The van der Waals surface area contributed by atoms with Gasteiger partial charge in [0.1, 0.15) is 0 Å². The third-order valence-electron chi connectivity index (χ3n) is 1.99. The van der Waals surface area contributed by atoms with E-state index in [-0.39, 0.29) is 6.54 Å². The summed E-state index contributed by atoms with van der Waals surface area (Å²) >= 11 is 6.00. The zero-order valence-corrected chi connectivity index (χ0v) is 8.74. The lowest BCUT2D eigenvalue weighted by Crippen LogP contribution is -1.97. The summed E-state index contributed by atoms with van der Waals surface area (Å²) in [6, 6.07) is 7.57. The van der Waals surface area contributed by atoms with Crippen molar-refractivity contribution in [2.45, 2.75) is 13.0 Å². The van der Waals surface area contributed by atoms with Gasteiger partial charge in [-0.05, 0) is 11.6 Å². The number of nitrogens with two attached hydrogens (primary N) is 1. The summed E-state index contributed by atoms with van der Waals surface area (Å²) in [5, 5.41) is 4.50. The van der Waals surface area contributed by atoms with Gasteiger partial charge in [0, 0.05) is 11.4 Å². The summed E-state index contributed by atoms with van der Waals surface area (Å²) in [6.07, 6.45) is 0.559. The van der Waals surface area contributed by atoms with Gasteiger partial charge in [0.05, 0.1) is 6.54 Å². The molecule has 5 heteroatoms. The quantitative estimate of drug-likeness (QED) is 0.862. The molecule has 1 heterocycles. The van der Waals surface area contributed by atoms with Crippen molar-refractivity contribution < 1.29 is 4.52 Å². The molecule has 4 nitrogen and oxygen atoms in total. The Bertz CT molecular complexity index is 455. The molecule has 78 valence electrons. The van der Waals surface area contributed by atoms with Crippen molar-refractivity contribution in [1.29, 1.82) is 0 Å². The summed E-state index contributed by atoms with van der Waals surface area (Å²) < 4.78 is 4.90. The van der Waals surface area contributed by atoms with Gasteiger partial charge in [0.15, 0.2) is 5.82 Å². The Morgan fingerprint density at radius 3 is 2.80 bits per heavy atom. The maximum atomic E-state index is 6.00. The molecular weight excluding hydrogens is 214 g/mol. The van der Waals surface area contributed by atoms with E-state index in [1.54, 1.807) is 0 Å².